The van der Waals surface area contributed by atoms with Crippen molar-refractivity contribution in [2.75, 3.05) is 26.7 Å². The Morgan fingerprint density at radius 1 is 1.06 bits per heavy atom. The quantitative estimate of drug-likeness (QED) is 0.782. The van der Waals surface area contributed by atoms with Crippen molar-refractivity contribution in [2.24, 2.45) is 11.8 Å². The van der Waals surface area contributed by atoms with E-state index in [0.29, 0.717) is 11.8 Å². The van der Waals surface area contributed by atoms with Crippen molar-refractivity contribution in [3.8, 4) is 0 Å². The van der Waals surface area contributed by atoms with Gasteiger partial charge in [0.1, 0.15) is 0 Å². The summed E-state index contributed by atoms with van der Waals surface area (Å²) in [6, 6.07) is 0. The molecular formula is C15H28N2O. The van der Waals surface area contributed by atoms with Gasteiger partial charge >= 0.3 is 0 Å². The lowest BCUT2D eigenvalue weighted by Crippen LogP contribution is -2.43. The normalized spacial score (nSPS) is 23.9. The van der Waals surface area contributed by atoms with Crippen molar-refractivity contribution in [2.45, 2.75) is 51.4 Å². The molecule has 1 saturated heterocycles. The summed E-state index contributed by atoms with van der Waals surface area (Å²) in [6.45, 7) is 3.08. The summed E-state index contributed by atoms with van der Waals surface area (Å²) in [5.74, 6) is 1.57. The van der Waals surface area contributed by atoms with Crippen LogP contribution in [0.1, 0.15) is 51.4 Å². The van der Waals surface area contributed by atoms with Crippen LogP contribution in [-0.2, 0) is 4.79 Å². The van der Waals surface area contributed by atoms with Gasteiger partial charge in [-0.05, 0) is 45.2 Å². The minimum absolute atomic E-state index is 0.341. The fourth-order valence-corrected chi connectivity index (χ4v) is 3.43. The third-order valence-electron chi connectivity index (χ3n) is 4.62. The van der Waals surface area contributed by atoms with Gasteiger partial charge in [-0.1, -0.05) is 25.7 Å². The summed E-state index contributed by atoms with van der Waals surface area (Å²) in [6.07, 6.45) is 9.80. The molecule has 1 aliphatic heterocycles. The van der Waals surface area contributed by atoms with Crippen molar-refractivity contribution in [3.05, 3.63) is 0 Å². The number of likely N-dealkylation sites (tertiary alicyclic amines) is 1. The van der Waals surface area contributed by atoms with E-state index in [4.69, 9.17) is 0 Å². The first-order chi connectivity index (χ1) is 8.81. The summed E-state index contributed by atoms with van der Waals surface area (Å²) >= 11 is 0. The van der Waals surface area contributed by atoms with Crippen LogP contribution in [0, 0.1) is 11.8 Å². The number of piperidine rings is 1. The number of amides is 1. The molecule has 1 saturated carbocycles. The molecular weight excluding hydrogens is 224 g/mol. The van der Waals surface area contributed by atoms with Gasteiger partial charge in [0, 0.05) is 19.0 Å². The summed E-state index contributed by atoms with van der Waals surface area (Å²) in [5.41, 5.74) is 0. The van der Waals surface area contributed by atoms with E-state index in [9.17, 15) is 4.79 Å². The number of hydrogen-bond donors (Lipinski definition) is 1. The Labute approximate surface area is 111 Å². The molecule has 0 radical (unpaired) electrons. The molecule has 0 bridgehead atoms. The molecule has 2 fully saturated rings. The van der Waals surface area contributed by atoms with E-state index in [0.717, 1.165) is 38.4 Å². The van der Waals surface area contributed by atoms with Gasteiger partial charge in [0.15, 0.2) is 0 Å². The van der Waals surface area contributed by atoms with E-state index in [1.165, 1.54) is 38.5 Å². The highest BCUT2D eigenvalue weighted by atomic mass is 16.2. The van der Waals surface area contributed by atoms with Gasteiger partial charge in [0.25, 0.3) is 0 Å². The zero-order valence-corrected chi connectivity index (χ0v) is 11.8. The molecule has 1 amide bonds. The number of nitrogens with zero attached hydrogens (tertiary/aromatic N) is 1. The number of carbonyl (C=O) groups excluding carboxylic acids is 1. The standard InChI is InChI=1S/C15H28N2O/c1-16-12-13-8-10-17(11-9-13)15(18)14-6-4-2-3-5-7-14/h13-14,16H,2-12H2,1H3. The monoisotopic (exact) mass is 252 g/mol. The molecule has 0 spiro atoms. The smallest absolute Gasteiger partial charge is 0.225 e. The Balaban J connectivity index is 1.79. The number of nitrogens with one attached hydrogen (secondary N) is 1. The lowest BCUT2D eigenvalue weighted by Gasteiger charge is -2.34. The number of hydrogen-bond acceptors (Lipinski definition) is 2. The van der Waals surface area contributed by atoms with E-state index in [1.807, 2.05) is 7.05 Å². The third-order valence-corrected chi connectivity index (χ3v) is 4.62. The largest absolute Gasteiger partial charge is 0.342 e. The molecule has 3 nitrogen and oxygen atoms in total. The van der Waals surface area contributed by atoms with Crippen molar-refractivity contribution >= 4 is 5.91 Å². The van der Waals surface area contributed by atoms with E-state index in [1.54, 1.807) is 0 Å². The van der Waals surface area contributed by atoms with Gasteiger partial charge in [0.05, 0.1) is 0 Å². The molecule has 0 unspecified atom stereocenters. The Kier molecular flexibility index (Phi) is 5.48. The summed E-state index contributed by atoms with van der Waals surface area (Å²) in [4.78, 5) is 14.6. The topological polar surface area (TPSA) is 32.3 Å². The second-order valence-corrected chi connectivity index (χ2v) is 6.01. The minimum atomic E-state index is 0.341. The second-order valence-electron chi connectivity index (χ2n) is 6.01. The van der Waals surface area contributed by atoms with Gasteiger partial charge < -0.3 is 10.2 Å². The minimum Gasteiger partial charge on any atom is -0.342 e. The maximum absolute atomic E-state index is 12.5. The molecule has 2 aliphatic rings. The molecule has 1 heterocycles. The number of rotatable bonds is 3. The highest BCUT2D eigenvalue weighted by molar-refractivity contribution is 5.78. The van der Waals surface area contributed by atoms with Gasteiger partial charge in [0.2, 0.25) is 5.91 Å². The molecule has 104 valence electrons. The summed E-state index contributed by atoms with van der Waals surface area (Å²) in [5, 5.41) is 3.25. The third kappa shape index (κ3) is 3.71. The van der Waals surface area contributed by atoms with Crippen LogP contribution in [0.2, 0.25) is 0 Å². The Morgan fingerprint density at radius 3 is 2.22 bits per heavy atom. The van der Waals surface area contributed by atoms with Gasteiger partial charge in [-0.2, -0.15) is 0 Å². The predicted molar refractivity (Wildman–Crippen MR) is 74.4 cm³/mol. The highest BCUT2D eigenvalue weighted by Crippen LogP contribution is 2.26. The summed E-state index contributed by atoms with van der Waals surface area (Å²) in [7, 11) is 2.02. The maximum Gasteiger partial charge on any atom is 0.225 e. The molecule has 1 aliphatic carbocycles. The molecule has 1 N–H and O–H groups in total. The van der Waals surface area contributed by atoms with Crippen molar-refractivity contribution in [1.82, 2.24) is 10.2 Å². The molecule has 3 heteroatoms. The van der Waals surface area contributed by atoms with Crippen LogP contribution in [0.4, 0.5) is 0 Å². The van der Waals surface area contributed by atoms with Crippen LogP contribution >= 0.6 is 0 Å². The van der Waals surface area contributed by atoms with E-state index >= 15 is 0 Å². The molecule has 0 aromatic carbocycles. The Bertz CT molecular complexity index is 251. The van der Waals surface area contributed by atoms with E-state index in [2.05, 4.69) is 10.2 Å². The molecule has 0 aromatic heterocycles. The van der Waals surface area contributed by atoms with E-state index < -0.39 is 0 Å². The average Bonchev–Trinajstić information content (AvgIpc) is 2.68. The zero-order chi connectivity index (χ0) is 12.8. The van der Waals surface area contributed by atoms with Crippen molar-refractivity contribution in [1.29, 1.82) is 0 Å². The van der Waals surface area contributed by atoms with E-state index in [-0.39, 0.29) is 0 Å². The first-order valence-electron chi connectivity index (χ1n) is 7.74. The first kappa shape index (κ1) is 13.9. The number of carbonyl (C=O) groups is 1. The van der Waals surface area contributed by atoms with Gasteiger partial charge in [-0.25, -0.2) is 0 Å². The van der Waals surface area contributed by atoms with Crippen LogP contribution in [0.3, 0.4) is 0 Å². The SMILES string of the molecule is CNCC1CCN(C(=O)C2CCCCCC2)CC1. The molecule has 0 atom stereocenters. The molecule has 0 aromatic rings. The van der Waals surface area contributed by atoms with Crippen molar-refractivity contribution in [3.63, 3.8) is 0 Å². The predicted octanol–water partition coefficient (Wildman–Crippen LogP) is 2.41. The van der Waals surface area contributed by atoms with Crippen LogP contribution in [0.5, 0.6) is 0 Å². The maximum atomic E-state index is 12.5. The van der Waals surface area contributed by atoms with Crippen LogP contribution < -0.4 is 5.32 Å². The second kappa shape index (κ2) is 7.13. The lowest BCUT2D eigenvalue weighted by atomic mass is 9.93. The van der Waals surface area contributed by atoms with Gasteiger partial charge in [-0.3, -0.25) is 4.79 Å². The first-order valence-corrected chi connectivity index (χ1v) is 7.74. The molecule has 2 rings (SSSR count). The average molecular weight is 252 g/mol. The fourth-order valence-electron chi connectivity index (χ4n) is 3.43. The highest BCUT2D eigenvalue weighted by Gasteiger charge is 2.28. The van der Waals surface area contributed by atoms with Crippen LogP contribution in [0.25, 0.3) is 0 Å². The Hall–Kier alpha value is -0.570. The van der Waals surface area contributed by atoms with Crippen LogP contribution in [-0.4, -0.2) is 37.5 Å². The van der Waals surface area contributed by atoms with Gasteiger partial charge in [-0.15, -0.1) is 0 Å². The summed E-state index contributed by atoms with van der Waals surface area (Å²) < 4.78 is 0. The van der Waals surface area contributed by atoms with Crippen molar-refractivity contribution < 1.29 is 4.79 Å². The molecule has 18 heavy (non-hydrogen) atoms. The Morgan fingerprint density at radius 2 is 1.67 bits per heavy atom. The fraction of sp³-hybridized carbons (Fsp3) is 0.933. The van der Waals surface area contributed by atoms with Crippen LogP contribution in [0.15, 0.2) is 0 Å². The lowest BCUT2D eigenvalue weighted by molar-refractivity contribution is -0.137. The zero-order valence-electron chi connectivity index (χ0n) is 11.8.